The van der Waals surface area contributed by atoms with Gasteiger partial charge < -0.3 is 19.2 Å². The van der Waals surface area contributed by atoms with Crippen molar-refractivity contribution in [2.24, 2.45) is 0 Å². The van der Waals surface area contributed by atoms with Gasteiger partial charge in [0.05, 0.1) is 40.4 Å². The van der Waals surface area contributed by atoms with Crippen LogP contribution in [-0.2, 0) is 6.54 Å². The fraction of sp³-hybridized carbons (Fsp3) is 0.214. The van der Waals surface area contributed by atoms with E-state index >= 15 is 0 Å². The zero-order chi connectivity index (χ0) is 26.1. The predicted octanol–water partition coefficient (Wildman–Crippen LogP) is 4.62. The average Bonchev–Trinajstić information content (AvgIpc) is 3.28. The summed E-state index contributed by atoms with van der Waals surface area (Å²) in [6.07, 6.45) is 2.49. The molecule has 0 unspecified atom stereocenters. The van der Waals surface area contributed by atoms with E-state index in [4.69, 9.17) is 9.72 Å². The van der Waals surface area contributed by atoms with Gasteiger partial charge in [0.2, 0.25) is 0 Å². The molecule has 0 spiro atoms. The molecule has 1 amide bonds. The first-order chi connectivity index (χ1) is 17.8. The summed E-state index contributed by atoms with van der Waals surface area (Å²) in [4.78, 5) is 39.4. The molecule has 0 saturated carbocycles. The summed E-state index contributed by atoms with van der Waals surface area (Å²) < 4.78 is 21.1. The second-order valence-electron chi connectivity index (χ2n) is 9.03. The molecule has 0 bridgehead atoms. The topological polar surface area (TPSA) is 93.1 Å². The molecule has 188 valence electrons. The minimum absolute atomic E-state index is 0.167. The lowest BCUT2D eigenvalue weighted by Crippen LogP contribution is -2.21. The van der Waals surface area contributed by atoms with Crippen molar-refractivity contribution in [1.82, 2.24) is 24.4 Å². The Bertz CT molecular complexity index is 1670. The standard InChI is InChI=1S/C28H26FN5O3/c1-4-11-37-25-10-7-18(28(36)33(2)3)12-21(25)26-31-22-14-23-24(13-20(22)27(35)32-26)34(16-30-23)15-17-5-8-19(29)9-6-17/h5-10,12-14,16H,4,11,15H2,1-3H3,(H,31,32,35). The first-order valence-electron chi connectivity index (χ1n) is 12.0. The fourth-order valence-electron chi connectivity index (χ4n) is 4.18. The van der Waals surface area contributed by atoms with E-state index in [-0.39, 0.29) is 17.3 Å². The largest absolute Gasteiger partial charge is 0.493 e. The third kappa shape index (κ3) is 4.80. The molecule has 0 radical (unpaired) electrons. The summed E-state index contributed by atoms with van der Waals surface area (Å²) in [7, 11) is 3.36. The highest BCUT2D eigenvalue weighted by molar-refractivity contribution is 5.96. The molecule has 37 heavy (non-hydrogen) atoms. The summed E-state index contributed by atoms with van der Waals surface area (Å²) in [6.45, 7) is 2.97. The number of H-pyrrole nitrogens is 1. The number of benzene rings is 3. The van der Waals surface area contributed by atoms with Crippen LogP contribution in [0.15, 0.2) is 65.7 Å². The Labute approximate surface area is 212 Å². The van der Waals surface area contributed by atoms with Crippen LogP contribution in [0, 0.1) is 5.82 Å². The van der Waals surface area contributed by atoms with Gasteiger partial charge in [-0.05, 0) is 54.4 Å². The number of imidazole rings is 1. The van der Waals surface area contributed by atoms with E-state index in [0.29, 0.717) is 52.3 Å². The van der Waals surface area contributed by atoms with Gasteiger partial charge >= 0.3 is 0 Å². The number of halogens is 1. The van der Waals surface area contributed by atoms with Crippen molar-refractivity contribution >= 4 is 27.8 Å². The highest BCUT2D eigenvalue weighted by Crippen LogP contribution is 2.30. The molecule has 3 aromatic carbocycles. The molecule has 2 heterocycles. The van der Waals surface area contributed by atoms with Gasteiger partial charge in [0, 0.05) is 26.2 Å². The van der Waals surface area contributed by atoms with Crippen LogP contribution < -0.4 is 10.3 Å². The van der Waals surface area contributed by atoms with Crippen molar-refractivity contribution in [3.63, 3.8) is 0 Å². The number of nitrogens with zero attached hydrogens (tertiary/aromatic N) is 4. The van der Waals surface area contributed by atoms with Gasteiger partial charge in [0.1, 0.15) is 17.4 Å². The maximum Gasteiger partial charge on any atom is 0.259 e. The molecule has 5 rings (SSSR count). The highest BCUT2D eigenvalue weighted by Gasteiger charge is 2.17. The lowest BCUT2D eigenvalue weighted by Gasteiger charge is -2.15. The quantitative estimate of drug-likeness (QED) is 0.353. The molecule has 0 fully saturated rings. The summed E-state index contributed by atoms with van der Waals surface area (Å²) >= 11 is 0. The smallest absolute Gasteiger partial charge is 0.259 e. The number of rotatable bonds is 7. The summed E-state index contributed by atoms with van der Waals surface area (Å²) in [5.74, 6) is 0.379. The van der Waals surface area contributed by atoms with Crippen molar-refractivity contribution < 1.29 is 13.9 Å². The van der Waals surface area contributed by atoms with Gasteiger partial charge in [-0.25, -0.2) is 14.4 Å². The van der Waals surface area contributed by atoms with Crippen molar-refractivity contribution in [1.29, 1.82) is 0 Å². The molecule has 8 nitrogen and oxygen atoms in total. The van der Waals surface area contributed by atoms with Crippen LogP contribution >= 0.6 is 0 Å². The van der Waals surface area contributed by atoms with E-state index in [1.54, 1.807) is 62.9 Å². The van der Waals surface area contributed by atoms with E-state index in [2.05, 4.69) is 9.97 Å². The monoisotopic (exact) mass is 499 g/mol. The highest BCUT2D eigenvalue weighted by atomic mass is 19.1. The number of aromatic amines is 1. The van der Waals surface area contributed by atoms with Gasteiger partial charge in [-0.15, -0.1) is 0 Å². The number of nitrogens with one attached hydrogen (secondary N) is 1. The minimum Gasteiger partial charge on any atom is -0.493 e. The zero-order valence-corrected chi connectivity index (χ0v) is 20.8. The summed E-state index contributed by atoms with van der Waals surface area (Å²) in [6, 6.07) is 14.9. The van der Waals surface area contributed by atoms with Crippen LogP contribution in [0.4, 0.5) is 4.39 Å². The van der Waals surface area contributed by atoms with Gasteiger partial charge in [-0.1, -0.05) is 19.1 Å². The maximum absolute atomic E-state index is 13.3. The second kappa shape index (κ2) is 9.85. The van der Waals surface area contributed by atoms with E-state index < -0.39 is 0 Å². The molecule has 9 heteroatoms. The van der Waals surface area contributed by atoms with Crippen molar-refractivity contribution in [3.8, 4) is 17.1 Å². The first kappa shape index (κ1) is 24.2. The number of carbonyl (C=O) groups excluding carboxylic acids is 1. The lowest BCUT2D eigenvalue weighted by molar-refractivity contribution is 0.0827. The van der Waals surface area contributed by atoms with Gasteiger partial charge in [-0.3, -0.25) is 9.59 Å². The number of amides is 1. The summed E-state index contributed by atoms with van der Waals surface area (Å²) in [5, 5.41) is 0.411. The Morgan fingerprint density at radius 1 is 1.08 bits per heavy atom. The molecule has 0 aliphatic carbocycles. The van der Waals surface area contributed by atoms with Crippen molar-refractivity contribution in [3.05, 3.63) is 88.2 Å². The molecule has 0 aliphatic rings. The molecule has 0 aliphatic heterocycles. The first-order valence-corrected chi connectivity index (χ1v) is 12.0. The number of aromatic nitrogens is 4. The summed E-state index contributed by atoms with van der Waals surface area (Å²) in [5.41, 5.74) is 3.50. The minimum atomic E-state index is -0.317. The second-order valence-corrected chi connectivity index (χ2v) is 9.03. The number of ether oxygens (including phenoxy) is 1. The van der Waals surface area contributed by atoms with Crippen LogP contribution in [0.1, 0.15) is 29.3 Å². The zero-order valence-electron chi connectivity index (χ0n) is 20.8. The van der Waals surface area contributed by atoms with E-state index in [1.165, 1.54) is 17.0 Å². The normalized spacial score (nSPS) is 11.2. The van der Waals surface area contributed by atoms with E-state index in [0.717, 1.165) is 17.5 Å². The molecule has 2 aromatic heterocycles. The van der Waals surface area contributed by atoms with Gasteiger partial charge in [-0.2, -0.15) is 0 Å². The van der Waals surface area contributed by atoms with E-state index in [9.17, 15) is 14.0 Å². The molecular formula is C28H26FN5O3. The van der Waals surface area contributed by atoms with Crippen LogP contribution in [0.3, 0.4) is 0 Å². The van der Waals surface area contributed by atoms with Crippen LogP contribution in [0.5, 0.6) is 5.75 Å². The Morgan fingerprint density at radius 2 is 1.86 bits per heavy atom. The van der Waals surface area contributed by atoms with E-state index in [1.807, 2.05) is 11.5 Å². The predicted molar refractivity (Wildman–Crippen MR) is 140 cm³/mol. The molecular weight excluding hydrogens is 473 g/mol. The third-order valence-electron chi connectivity index (χ3n) is 6.06. The number of fused-ring (bicyclic) bond motifs is 2. The van der Waals surface area contributed by atoms with Gasteiger partial charge in [0.25, 0.3) is 11.5 Å². The average molecular weight is 500 g/mol. The number of hydrogen-bond donors (Lipinski definition) is 1. The SMILES string of the molecule is CCCOc1ccc(C(=O)N(C)C)cc1-c1nc2cc3ncn(Cc4ccc(F)cc4)c3cc2c(=O)[nH]1. The third-order valence-corrected chi connectivity index (χ3v) is 6.06. The number of carbonyl (C=O) groups is 1. The van der Waals surface area contributed by atoms with Crippen molar-refractivity contribution in [2.45, 2.75) is 19.9 Å². The maximum atomic E-state index is 13.3. The molecule has 5 aromatic rings. The molecule has 1 N–H and O–H groups in total. The molecule has 0 saturated heterocycles. The van der Waals surface area contributed by atoms with Crippen LogP contribution in [0.2, 0.25) is 0 Å². The fourth-order valence-corrected chi connectivity index (χ4v) is 4.18. The van der Waals surface area contributed by atoms with Crippen LogP contribution in [-0.4, -0.2) is 51.0 Å². The Kier molecular flexibility index (Phi) is 6.43. The Balaban J connectivity index is 1.60. The van der Waals surface area contributed by atoms with Gasteiger partial charge in [0.15, 0.2) is 0 Å². The van der Waals surface area contributed by atoms with Crippen molar-refractivity contribution in [2.75, 3.05) is 20.7 Å². The lowest BCUT2D eigenvalue weighted by atomic mass is 10.1. The Hall–Kier alpha value is -4.53. The molecule has 0 atom stereocenters. The number of hydrogen-bond acceptors (Lipinski definition) is 5. The Morgan fingerprint density at radius 3 is 2.59 bits per heavy atom. The van der Waals surface area contributed by atoms with Crippen LogP contribution in [0.25, 0.3) is 33.3 Å².